The minimum atomic E-state index is 0.821. The Morgan fingerprint density at radius 1 is 1.11 bits per heavy atom. The summed E-state index contributed by atoms with van der Waals surface area (Å²) in [4.78, 5) is 4.74. The Kier molecular flexibility index (Phi) is 6.03. The smallest absolute Gasteiger partial charge is 0.0393 e. The lowest BCUT2D eigenvalue weighted by Crippen LogP contribution is -2.23. The number of likely N-dealkylation sites (N-methyl/N-ethyl adjacent to an activating group) is 1. The summed E-state index contributed by atoms with van der Waals surface area (Å²) in [5.74, 6) is 0. The lowest BCUT2D eigenvalue weighted by molar-refractivity contribution is 0.375. The third kappa shape index (κ3) is 3.41. The van der Waals surface area contributed by atoms with Crippen LogP contribution in [0.25, 0.3) is 0 Å². The highest BCUT2D eigenvalue weighted by atomic mass is 15.1. The molecule has 0 aromatic heterocycles. The van der Waals surface area contributed by atoms with Gasteiger partial charge in [0, 0.05) is 44.0 Å². The van der Waals surface area contributed by atoms with Crippen LogP contribution in [-0.2, 0) is 0 Å². The van der Waals surface area contributed by atoms with Crippen molar-refractivity contribution in [1.82, 2.24) is 9.80 Å². The van der Waals surface area contributed by atoms with Gasteiger partial charge in [-0.2, -0.15) is 0 Å². The van der Waals surface area contributed by atoms with Crippen molar-refractivity contribution in [3.8, 4) is 0 Å². The van der Waals surface area contributed by atoms with Crippen molar-refractivity contribution in [2.45, 2.75) is 34.1 Å². The Hall–Kier alpha value is -1.18. The molecule has 0 amide bonds. The summed E-state index contributed by atoms with van der Waals surface area (Å²) in [6.07, 6.45) is 7.88. The molecule has 0 bridgehead atoms. The lowest BCUT2D eigenvalue weighted by atomic mass is 10.2. The highest BCUT2D eigenvalue weighted by molar-refractivity contribution is 5.36. The minimum Gasteiger partial charge on any atom is -0.375 e. The Labute approximate surface area is 113 Å². The molecule has 0 aromatic carbocycles. The third-order valence-corrected chi connectivity index (χ3v) is 3.55. The molecule has 0 fully saturated rings. The van der Waals surface area contributed by atoms with Crippen molar-refractivity contribution in [2.75, 3.05) is 26.2 Å². The number of rotatable bonds is 6. The highest BCUT2D eigenvalue weighted by Gasteiger charge is 2.11. The Balaban J connectivity index is 3.04. The molecular formula is C16H27N2. The fraction of sp³-hybridized carbons (Fsp3) is 0.562. The average Bonchev–Trinajstić information content (AvgIpc) is 2.56. The molecule has 0 heterocycles. The predicted molar refractivity (Wildman–Crippen MR) is 80.1 cm³/mol. The zero-order valence-corrected chi connectivity index (χ0v) is 12.4. The van der Waals surface area contributed by atoms with Crippen LogP contribution in [0, 0.1) is 6.92 Å². The summed E-state index contributed by atoms with van der Waals surface area (Å²) in [6.45, 7) is 16.8. The topological polar surface area (TPSA) is 6.48 Å². The molecular weight excluding hydrogens is 220 g/mol. The zero-order chi connectivity index (χ0) is 13.5. The first-order valence-corrected chi connectivity index (χ1v) is 7.04. The van der Waals surface area contributed by atoms with Gasteiger partial charge in [0.2, 0.25) is 0 Å². The lowest BCUT2D eigenvalue weighted by Gasteiger charge is -2.24. The van der Waals surface area contributed by atoms with Crippen LogP contribution in [0.5, 0.6) is 0 Å². The number of allylic oxidation sites excluding steroid dienone is 4. The molecule has 2 heteroatoms. The number of hydrogen-bond acceptors (Lipinski definition) is 2. The molecule has 0 spiro atoms. The fourth-order valence-electron chi connectivity index (χ4n) is 2.46. The van der Waals surface area contributed by atoms with Gasteiger partial charge in [0.15, 0.2) is 0 Å². The second-order valence-corrected chi connectivity index (χ2v) is 4.56. The maximum Gasteiger partial charge on any atom is 0.0393 e. The Morgan fingerprint density at radius 2 is 1.72 bits per heavy atom. The summed E-state index contributed by atoms with van der Waals surface area (Å²) in [6, 6.07) is 0. The average molecular weight is 247 g/mol. The quantitative estimate of drug-likeness (QED) is 0.707. The van der Waals surface area contributed by atoms with Crippen LogP contribution in [0.3, 0.4) is 0 Å². The largest absolute Gasteiger partial charge is 0.375 e. The van der Waals surface area contributed by atoms with Crippen LogP contribution in [0.2, 0.25) is 0 Å². The second-order valence-electron chi connectivity index (χ2n) is 4.56. The molecule has 0 aromatic rings. The molecule has 2 nitrogen and oxygen atoms in total. The highest BCUT2D eigenvalue weighted by Crippen LogP contribution is 2.22. The molecule has 0 saturated carbocycles. The zero-order valence-electron chi connectivity index (χ0n) is 12.4. The van der Waals surface area contributed by atoms with Gasteiger partial charge >= 0.3 is 0 Å². The van der Waals surface area contributed by atoms with E-state index < -0.39 is 0 Å². The monoisotopic (exact) mass is 247 g/mol. The van der Waals surface area contributed by atoms with E-state index >= 15 is 0 Å². The summed E-state index contributed by atoms with van der Waals surface area (Å²) < 4.78 is 0. The van der Waals surface area contributed by atoms with E-state index in [1.807, 2.05) is 0 Å². The molecule has 0 aliphatic heterocycles. The standard InChI is InChI=1S/C16H27N2/c1-6-17(7-2)15-11-10-12-16(14(5)13-15)18(8-3)9-4/h10,12-13H,3,6-9,11H2,1-2,4-5H3. The van der Waals surface area contributed by atoms with Crippen molar-refractivity contribution < 1.29 is 0 Å². The van der Waals surface area contributed by atoms with Gasteiger partial charge in [-0.3, -0.25) is 0 Å². The molecule has 1 aliphatic rings. The van der Waals surface area contributed by atoms with E-state index in [0.29, 0.717) is 0 Å². The summed E-state index contributed by atoms with van der Waals surface area (Å²) >= 11 is 0. The number of hydrogen-bond donors (Lipinski definition) is 0. The fourth-order valence-corrected chi connectivity index (χ4v) is 2.46. The van der Waals surface area contributed by atoms with E-state index in [4.69, 9.17) is 0 Å². The van der Waals surface area contributed by atoms with Crippen molar-refractivity contribution in [1.29, 1.82) is 0 Å². The maximum atomic E-state index is 4.01. The van der Waals surface area contributed by atoms with Crippen molar-refractivity contribution >= 4 is 0 Å². The van der Waals surface area contributed by atoms with Gasteiger partial charge in [-0.05, 0) is 52.3 Å². The van der Waals surface area contributed by atoms with Crippen molar-refractivity contribution in [3.63, 3.8) is 0 Å². The predicted octanol–water partition coefficient (Wildman–Crippen LogP) is 3.60. The van der Waals surface area contributed by atoms with E-state index in [0.717, 1.165) is 32.6 Å². The summed E-state index contributed by atoms with van der Waals surface area (Å²) in [5.41, 5.74) is 4.08. The van der Waals surface area contributed by atoms with Gasteiger partial charge in [-0.1, -0.05) is 6.08 Å². The first-order valence-electron chi connectivity index (χ1n) is 7.04. The molecule has 0 unspecified atom stereocenters. The Morgan fingerprint density at radius 3 is 2.22 bits per heavy atom. The van der Waals surface area contributed by atoms with Gasteiger partial charge in [0.1, 0.15) is 0 Å². The Bertz CT molecular complexity index is 342. The molecule has 101 valence electrons. The van der Waals surface area contributed by atoms with Crippen LogP contribution in [0.4, 0.5) is 0 Å². The molecule has 1 rings (SSSR count). The van der Waals surface area contributed by atoms with Gasteiger partial charge in [-0.15, -0.1) is 0 Å². The third-order valence-electron chi connectivity index (χ3n) is 3.55. The van der Waals surface area contributed by atoms with E-state index in [2.05, 4.69) is 62.6 Å². The molecule has 0 saturated heterocycles. The molecule has 0 N–H and O–H groups in total. The summed E-state index contributed by atoms with van der Waals surface area (Å²) in [7, 11) is 0. The molecule has 1 radical (unpaired) electrons. The maximum absolute atomic E-state index is 4.01. The SMILES string of the molecule is [CH2]CN(CC)C1=C(C)C=C(N(CC)CC)CC=C1. The van der Waals surface area contributed by atoms with Crippen LogP contribution < -0.4 is 0 Å². The minimum absolute atomic E-state index is 0.821. The van der Waals surface area contributed by atoms with Gasteiger partial charge < -0.3 is 9.80 Å². The van der Waals surface area contributed by atoms with Gasteiger partial charge in [0.05, 0.1) is 0 Å². The second kappa shape index (κ2) is 7.30. The van der Waals surface area contributed by atoms with Crippen LogP contribution >= 0.6 is 0 Å². The first-order chi connectivity index (χ1) is 8.67. The van der Waals surface area contributed by atoms with Crippen molar-refractivity contribution in [3.05, 3.63) is 42.1 Å². The molecule has 18 heavy (non-hydrogen) atoms. The van der Waals surface area contributed by atoms with E-state index in [1.54, 1.807) is 0 Å². The van der Waals surface area contributed by atoms with Crippen LogP contribution in [0.15, 0.2) is 35.2 Å². The van der Waals surface area contributed by atoms with E-state index in [9.17, 15) is 0 Å². The summed E-state index contributed by atoms with van der Waals surface area (Å²) in [5, 5.41) is 0. The first kappa shape index (κ1) is 14.9. The van der Waals surface area contributed by atoms with Gasteiger partial charge in [-0.25, -0.2) is 0 Å². The van der Waals surface area contributed by atoms with Crippen LogP contribution in [-0.4, -0.2) is 36.0 Å². The normalized spacial score (nSPS) is 15.5. The van der Waals surface area contributed by atoms with E-state index in [-0.39, 0.29) is 0 Å². The van der Waals surface area contributed by atoms with Gasteiger partial charge in [0.25, 0.3) is 0 Å². The molecule has 1 aliphatic carbocycles. The van der Waals surface area contributed by atoms with Crippen LogP contribution in [0.1, 0.15) is 34.1 Å². The number of nitrogens with zero attached hydrogens (tertiary/aromatic N) is 2. The van der Waals surface area contributed by atoms with E-state index in [1.165, 1.54) is 17.0 Å². The molecule has 0 atom stereocenters. The van der Waals surface area contributed by atoms with Crippen molar-refractivity contribution in [2.24, 2.45) is 0 Å².